The number of carboxylic acid groups (broad SMARTS) is 1. The van der Waals surface area contributed by atoms with Crippen molar-refractivity contribution in [1.29, 1.82) is 0 Å². The number of aromatic nitrogens is 2. The fraction of sp³-hybridized carbons (Fsp3) is 0.316. The second kappa shape index (κ2) is 7.03. The van der Waals surface area contributed by atoms with E-state index in [1.807, 2.05) is 5.92 Å². The Labute approximate surface area is 158 Å². The van der Waals surface area contributed by atoms with Crippen molar-refractivity contribution >= 4 is 17.7 Å². The number of hydrogen-bond acceptors (Lipinski definition) is 3. The summed E-state index contributed by atoms with van der Waals surface area (Å²) < 4.78 is 40.0. The first kappa shape index (κ1) is 19.5. The summed E-state index contributed by atoms with van der Waals surface area (Å²) in [6.07, 6.45) is 3.70. The van der Waals surface area contributed by atoms with Crippen molar-refractivity contribution in [3.8, 4) is 18.0 Å². The number of hydrogen-bond donors (Lipinski definition) is 1. The highest BCUT2D eigenvalue weighted by atomic mass is 19.4. The molecule has 1 fully saturated rings. The molecule has 6 nitrogen and oxygen atoms in total. The predicted molar refractivity (Wildman–Crippen MR) is 93.7 cm³/mol. The van der Waals surface area contributed by atoms with E-state index < -0.39 is 29.2 Å². The first-order chi connectivity index (χ1) is 13.2. The van der Waals surface area contributed by atoms with Gasteiger partial charge >= 0.3 is 18.1 Å². The van der Waals surface area contributed by atoms with Gasteiger partial charge in [0, 0.05) is 12.3 Å². The Hall–Kier alpha value is -3.28. The van der Waals surface area contributed by atoms with Crippen LogP contribution in [0.15, 0.2) is 36.5 Å². The first-order valence-corrected chi connectivity index (χ1v) is 8.46. The molecule has 0 radical (unpaired) electrons. The number of aliphatic carboxylic acids is 1. The number of alkyl halides is 3. The van der Waals surface area contributed by atoms with Crippen molar-refractivity contribution in [2.45, 2.75) is 37.4 Å². The van der Waals surface area contributed by atoms with E-state index in [9.17, 15) is 27.9 Å². The van der Waals surface area contributed by atoms with Crippen LogP contribution in [0.25, 0.3) is 5.69 Å². The van der Waals surface area contributed by atoms with Gasteiger partial charge in [-0.05, 0) is 37.0 Å². The van der Waals surface area contributed by atoms with Gasteiger partial charge in [0.2, 0.25) is 0 Å². The van der Waals surface area contributed by atoms with Gasteiger partial charge in [-0.15, -0.1) is 11.5 Å². The molecular formula is C19H16F3N3O3. The summed E-state index contributed by atoms with van der Waals surface area (Å²) >= 11 is 0. The molecule has 0 bridgehead atoms. The van der Waals surface area contributed by atoms with Crippen LogP contribution in [0.5, 0.6) is 0 Å². The molecular weight excluding hydrogens is 375 g/mol. The van der Waals surface area contributed by atoms with Crippen LogP contribution in [0.4, 0.5) is 19.0 Å². The Morgan fingerprint density at radius 1 is 1.25 bits per heavy atom. The van der Waals surface area contributed by atoms with Gasteiger partial charge in [-0.1, -0.05) is 18.9 Å². The number of terminal acetylenes is 1. The minimum Gasteiger partial charge on any atom is -0.479 e. The molecule has 0 saturated heterocycles. The monoisotopic (exact) mass is 391 g/mol. The number of anilines is 1. The Morgan fingerprint density at radius 2 is 1.93 bits per heavy atom. The number of benzene rings is 1. The molecule has 1 heterocycles. The van der Waals surface area contributed by atoms with Crippen molar-refractivity contribution in [3.63, 3.8) is 0 Å². The molecule has 1 saturated carbocycles. The highest BCUT2D eigenvalue weighted by Crippen LogP contribution is 2.38. The van der Waals surface area contributed by atoms with E-state index >= 15 is 0 Å². The summed E-state index contributed by atoms with van der Waals surface area (Å²) in [5.74, 6) is -0.154. The number of halogens is 3. The average molecular weight is 391 g/mol. The molecule has 0 unspecified atom stereocenters. The average Bonchev–Trinajstić information content (AvgIpc) is 3.32. The number of amides is 1. The van der Waals surface area contributed by atoms with Crippen LogP contribution < -0.4 is 4.90 Å². The van der Waals surface area contributed by atoms with E-state index in [1.165, 1.54) is 24.4 Å². The minimum absolute atomic E-state index is 0.0235. The van der Waals surface area contributed by atoms with E-state index in [4.69, 9.17) is 6.42 Å². The molecule has 1 aliphatic carbocycles. The Kier molecular flexibility index (Phi) is 4.89. The Balaban J connectivity index is 2.04. The molecule has 1 aliphatic rings. The van der Waals surface area contributed by atoms with E-state index in [-0.39, 0.29) is 24.3 Å². The van der Waals surface area contributed by atoms with Gasteiger partial charge in [0.25, 0.3) is 0 Å². The predicted octanol–water partition coefficient (Wildman–Crippen LogP) is 3.25. The van der Waals surface area contributed by atoms with Crippen LogP contribution >= 0.6 is 0 Å². The molecule has 0 spiro atoms. The van der Waals surface area contributed by atoms with Crippen LogP contribution in [0, 0.1) is 12.3 Å². The maximum absolute atomic E-state index is 12.9. The topological polar surface area (TPSA) is 75.4 Å². The van der Waals surface area contributed by atoms with Crippen molar-refractivity contribution in [2.24, 2.45) is 0 Å². The molecule has 0 aliphatic heterocycles. The van der Waals surface area contributed by atoms with Gasteiger partial charge in [0.15, 0.2) is 5.82 Å². The second-order valence-corrected chi connectivity index (χ2v) is 6.50. The van der Waals surface area contributed by atoms with Crippen LogP contribution in [-0.2, 0) is 15.8 Å². The Bertz CT molecular complexity index is 953. The summed E-state index contributed by atoms with van der Waals surface area (Å²) in [5, 5.41) is 13.9. The summed E-state index contributed by atoms with van der Waals surface area (Å²) in [5.41, 5.74) is -2.25. The van der Waals surface area contributed by atoms with Crippen molar-refractivity contribution in [2.75, 3.05) is 4.90 Å². The zero-order chi connectivity index (χ0) is 20.5. The van der Waals surface area contributed by atoms with Gasteiger partial charge in [-0.2, -0.15) is 13.2 Å². The largest absolute Gasteiger partial charge is 0.479 e. The van der Waals surface area contributed by atoms with Gasteiger partial charge < -0.3 is 5.11 Å². The first-order valence-electron chi connectivity index (χ1n) is 8.46. The molecule has 9 heteroatoms. The second-order valence-electron chi connectivity index (χ2n) is 6.50. The van der Waals surface area contributed by atoms with Gasteiger partial charge in [-0.3, -0.25) is 9.69 Å². The lowest BCUT2D eigenvalue weighted by molar-refractivity contribution is -0.144. The third kappa shape index (κ3) is 3.33. The molecule has 1 N–H and O–H groups in total. The standard InChI is InChI=1S/C19H16F3N3O3/c1-2-16(26)25(18(17(27)28)9-3-4-10-18)15-8-11-24(23-15)14-7-5-6-13(12-14)19(20,21)22/h1,5-8,11-12H,3-4,9-10H2,(H,27,28). The summed E-state index contributed by atoms with van der Waals surface area (Å²) in [6, 6.07) is 5.85. The number of carbonyl (C=O) groups is 2. The zero-order valence-electron chi connectivity index (χ0n) is 14.6. The maximum atomic E-state index is 12.9. The molecule has 3 rings (SSSR count). The highest BCUT2D eigenvalue weighted by Gasteiger charge is 2.50. The maximum Gasteiger partial charge on any atom is 0.416 e. The summed E-state index contributed by atoms with van der Waals surface area (Å²) in [7, 11) is 0. The lowest BCUT2D eigenvalue weighted by Gasteiger charge is -2.34. The molecule has 1 aromatic carbocycles. The minimum atomic E-state index is -4.52. The number of carboxylic acids is 1. The zero-order valence-corrected chi connectivity index (χ0v) is 14.6. The van der Waals surface area contributed by atoms with Crippen molar-refractivity contribution < 1.29 is 27.9 Å². The molecule has 2 aromatic rings. The van der Waals surface area contributed by atoms with E-state index in [0.29, 0.717) is 12.8 Å². The molecule has 28 heavy (non-hydrogen) atoms. The van der Waals surface area contributed by atoms with E-state index in [0.717, 1.165) is 21.7 Å². The van der Waals surface area contributed by atoms with Crippen molar-refractivity contribution in [3.05, 3.63) is 42.1 Å². The molecule has 1 amide bonds. The highest BCUT2D eigenvalue weighted by molar-refractivity contribution is 6.09. The lowest BCUT2D eigenvalue weighted by atomic mass is 9.95. The lowest BCUT2D eigenvalue weighted by Crippen LogP contribution is -2.56. The normalized spacial score (nSPS) is 15.8. The molecule has 0 atom stereocenters. The van der Waals surface area contributed by atoms with Gasteiger partial charge in [-0.25, -0.2) is 9.48 Å². The summed E-state index contributed by atoms with van der Waals surface area (Å²) in [4.78, 5) is 25.3. The third-order valence-corrected chi connectivity index (χ3v) is 4.83. The quantitative estimate of drug-likeness (QED) is 0.812. The van der Waals surface area contributed by atoms with E-state index in [2.05, 4.69) is 5.10 Å². The number of carbonyl (C=O) groups excluding carboxylic acids is 1. The van der Waals surface area contributed by atoms with Crippen LogP contribution in [0.2, 0.25) is 0 Å². The van der Waals surface area contributed by atoms with Crippen LogP contribution in [0.1, 0.15) is 31.2 Å². The van der Waals surface area contributed by atoms with Gasteiger partial charge in [0.05, 0.1) is 11.3 Å². The van der Waals surface area contributed by atoms with Crippen molar-refractivity contribution in [1.82, 2.24) is 9.78 Å². The third-order valence-electron chi connectivity index (χ3n) is 4.83. The fourth-order valence-electron chi connectivity index (χ4n) is 3.48. The summed E-state index contributed by atoms with van der Waals surface area (Å²) in [6.45, 7) is 0. The van der Waals surface area contributed by atoms with Crippen LogP contribution in [-0.4, -0.2) is 32.3 Å². The number of rotatable bonds is 4. The van der Waals surface area contributed by atoms with Gasteiger partial charge in [0.1, 0.15) is 5.54 Å². The molecule has 146 valence electrons. The van der Waals surface area contributed by atoms with E-state index in [1.54, 1.807) is 0 Å². The SMILES string of the molecule is C#CC(=O)N(c1ccn(-c2cccc(C(F)(F)F)c2)n1)C1(C(=O)O)CCCC1. The number of nitrogens with zero attached hydrogens (tertiary/aromatic N) is 3. The Morgan fingerprint density at radius 3 is 2.50 bits per heavy atom. The fourth-order valence-corrected chi connectivity index (χ4v) is 3.48. The van der Waals surface area contributed by atoms with Crippen LogP contribution in [0.3, 0.4) is 0 Å². The molecule has 1 aromatic heterocycles. The smallest absolute Gasteiger partial charge is 0.416 e.